The first-order valence-electron chi connectivity index (χ1n) is 9.75. The number of halogens is 1. The van der Waals surface area contributed by atoms with Crippen molar-refractivity contribution < 1.29 is 4.79 Å². The number of likely N-dealkylation sites (tertiary alicyclic amines) is 1. The van der Waals surface area contributed by atoms with E-state index < -0.39 is 0 Å². The minimum atomic E-state index is 0. The number of nitrogens with one attached hydrogen (secondary N) is 2. The van der Waals surface area contributed by atoms with Crippen LogP contribution in [0.5, 0.6) is 0 Å². The van der Waals surface area contributed by atoms with E-state index in [0.717, 1.165) is 38.6 Å². The molecule has 1 unspecified atom stereocenters. The molecule has 6 nitrogen and oxygen atoms in total. The summed E-state index contributed by atoms with van der Waals surface area (Å²) in [5.41, 5.74) is 1.31. The molecule has 28 heavy (non-hydrogen) atoms. The molecule has 1 saturated heterocycles. The van der Waals surface area contributed by atoms with Crippen LogP contribution in [-0.4, -0.2) is 74.5 Å². The van der Waals surface area contributed by atoms with Crippen molar-refractivity contribution in [3.05, 3.63) is 35.9 Å². The summed E-state index contributed by atoms with van der Waals surface area (Å²) in [7, 11) is 5.93. The van der Waals surface area contributed by atoms with Crippen LogP contribution in [0.2, 0.25) is 0 Å². The Kier molecular flexibility index (Phi) is 10.2. The van der Waals surface area contributed by atoms with Crippen LogP contribution in [0.4, 0.5) is 0 Å². The Morgan fingerprint density at radius 1 is 1.25 bits per heavy atom. The summed E-state index contributed by atoms with van der Waals surface area (Å²) in [4.78, 5) is 20.8. The van der Waals surface area contributed by atoms with E-state index in [1.807, 2.05) is 23.1 Å². The first-order chi connectivity index (χ1) is 12.8. The van der Waals surface area contributed by atoms with E-state index in [1.165, 1.54) is 5.56 Å². The molecule has 1 heterocycles. The molecule has 0 aromatic heterocycles. The predicted molar refractivity (Wildman–Crippen MR) is 127 cm³/mol. The van der Waals surface area contributed by atoms with Gasteiger partial charge in [-0.15, -0.1) is 24.0 Å². The molecule has 1 aromatic carbocycles. The average molecular weight is 501 g/mol. The smallest absolute Gasteiger partial charge is 0.223 e. The normalized spacial score (nSPS) is 17.6. The maximum atomic E-state index is 12.3. The van der Waals surface area contributed by atoms with Crippen LogP contribution in [0.3, 0.4) is 0 Å². The minimum Gasteiger partial charge on any atom is -0.356 e. The Balaban J connectivity index is 0.00000392. The van der Waals surface area contributed by atoms with Gasteiger partial charge in [-0.1, -0.05) is 30.3 Å². The topological polar surface area (TPSA) is 60.0 Å². The molecule has 1 amide bonds. The summed E-state index contributed by atoms with van der Waals surface area (Å²) in [5.74, 6) is 1.38. The lowest BCUT2D eigenvalue weighted by Gasteiger charge is -2.33. The maximum Gasteiger partial charge on any atom is 0.223 e. The van der Waals surface area contributed by atoms with Crippen LogP contribution in [0.1, 0.15) is 25.8 Å². The third-order valence-electron chi connectivity index (χ3n) is 5.49. The summed E-state index contributed by atoms with van der Waals surface area (Å²) in [6.45, 7) is 7.55. The second kappa shape index (κ2) is 11.6. The Labute approximate surface area is 187 Å². The summed E-state index contributed by atoms with van der Waals surface area (Å²) in [6.07, 6.45) is 1.53. The molecule has 1 fully saturated rings. The molecule has 7 heteroatoms. The fourth-order valence-electron chi connectivity index (χ4n) is 3.04. The summed E-state index contributed by atoms with van der Waals surface area (Å²) in [5, 5.41) is 6.76. The zero-order chi connectivity index (χ0) is 19.9. The molecule has 0 spiro atoms. The average Bonchev–Trinajstić information content (AvgIpc) is 3.00. The van der Waals surface area contributed by atoms with E-state index in [9.17, 15) is 4.79 Å². The van der Waals surface area contributed by atoms with E-state index in [1.54, 1.807) is 7.05 Å². The number of benzene rings is 1. The first-order valence-corrected chi connectivity index (χ1v) is 9.75. The number of amides is 1. The van der Waals surface area contributed by atoms with Crippen LogP contribution in [0.15, 0.2) is 35.3 Å². The Morgan fingerprint density at radius 2 is 1.93 bits per heavy atom. The lowest BCUT2D eigenvalue weighted by Crippen LogP contribution is -2.51. The van der Waals surface area contributed by atoms with Gasteiger partial charge in [0, 0.05) is 51.1 Å². The van der Waals surface area contributed by atoms with Crippen LogP contribution >= 0.6 is 24.0 Å². The Morgan fingerprint density at radius 3 is 2.54 bits per heavy atom. The molecular weight excluding hydrogens is 465 g/mol. The van der Waals surface area contributed by atoms with E-state index >= 15 is 0 Å². The zero-order valence-corrected chi connectivity index (χ0v) is 20.2. The number of guanidine groups is 1. The lowest BCUT2D eigenvalue weighted by atomic mass is 10.0. The van der Waals surface area contributed by atoms with Crippen molar-refractivity contribution in [1.29, 1.82) is 0 Å². The van der Waals surface area contributed by atoms with E-state index in [-0.39, 0.29) is 35.4 Å². The van der Waals surface area contributed by atoms with Gasteiger partial charge in [0.05, 0.1) is 0 Å². The number of rotatable bonds is 8. The van der Waals surface area contributed by atoms with Crippen LogP contribution in [0, 0.1) is 5.92 Å². The molecule has 158 valence electrons. The molecule has 0 radical (unpaired) electrons. The molecule has 0 bridgehead atoms. The van der Waals surface area contributed by atoms with Gasteiger partial charge >= 0.3 is 0 Å². The van der Waals surface area contributed by atoms with E-state index in [4.69, 9.17) is 0 Å². The third kappa shape index (κ3) is 7.58. The number of aliphatic imine (C=N–C) groups is 1. The van der Waals surface area contributed by atoms with Crippen LogP contribution < -0.4 is 10.6 Å². The number of carbonyl (C=O) groups is 1. The molecule has 1 atom stereocenters. The van der Waals surface area contributed by atoms with Gasteiger partial charge in [0.1, 0.15) is 0 Å². The number of likely N-dealkylation sites (N-methyl/N-ethyl adjacent to an activating group) is 1. The molecule has 2 N–H and O–H groups in total. The van der Waals surface area contributed by atoms with Crippen molar-refractivity contribution in [2.24, 2.45) is 10.9 Å². The van der Waals surface area contributed by atoms with Gasteiger partial charge in [-0.3, -0.25) is 9.79 Å². The third-order valence-corrected chi connectivity index (χ3v) is 5.49. The first kappa shape index (κ1) is 24.7. The molecule has 1 aromatic rings. The van der Waals surface area contributed by atoms with Gasteiger partial charge in [-0.2, -0.15) is 0 Å². The van der Waals surface area contributed by atoms with Crippen LogP contribution in [0.25, 0.3) is 0 Å². The molecule has 0 aliphatic carbocycles. The van der Waals surface area contributed by atoms with Crippen molar-refractivity contribution in [3.8, 4) is 0 Å². The minimum absolute atomic E-state index is 0. The fraction of sp³-hybridized carbons (Fsp3) is 0.619. The molecule has 1 aliphatic heterocycles. The quantitative estimate of drug-likeness (QED) is 0.326. The summed E-state index contributed by atoms with van der Waals surface area (Å²) < 4.78 is 0. The van der Waals surface area contributed by atoms with Gasteiger partial charge < -0.3 is 20.4 Å². The van der Waals surface area contributed by atoms with Crippen molar-refractivity contribution in [3.63, 3.8) is 0 Å². The number of nitrogens with zero attached hydrogens (tertiary/aromatic N) is 3. The van der Waals surface area contributed by atoms with Gasteiger partial charge in [-0.25, -0.2) is 0 Å². The van der Waals surface area contributed by atoms with Gasteiger partial charge in [-0.05, 0) is 39.9 Å². The highest BCUT2D eigenvalue weighted by Crippen LogP contribution is 2.17. The monoisotopic (exact) mass is 501 g/mol. The SMILES string of the molecule is CN=C(NCC1CC(=O)N(CCc2ccccc2)C1)NCC(C)(C)N(C)C.I. The Bertz CT molecular complexity index is 633. The zero-order valence-electron chi connectivity index (χ0n) is 17.9. The number of carbonyl (C=O) groups excluding carboxylic acids is 1. The lowest BCUT2D eigenvalue weighted by molar-refractivity contribution is -0.127. The summed E-state index contributed by atoms with van der Waals surface area (Å²) in [6, 6.07) is 10.3. The highest BCUT2D eigenvalue weighted by molar-refractivity contribution is 14.0. The second-order valence-corrected chi connectivity index (χ2v) is 8.16. The van der Waals surface area contributed by atoms with Crippen molar-refractivity contribution >= 4 is 35.8 Å². The van der Waals surface area contributed by atoms with Crippen molar-refractivity contribution in [2.75, 3.05) is 47.3 Å². The largest absolute Gasteiger partial charge is 0.356 e. The second-order valence-electron chi connectivity index (χ2n) is 8.16. The molecule has 2 rings (SSSR count). The highest BCUT2D eigenvalue weighted by atomic mass is 127. The molecular formula is C21H36IN5O. The van der Waals surface area contributed by atoms with Gasteiger partial charge in [0.15, 0.2) is 5.96 Å². The fourth-order valence-corrected chi connectivity index (χ4v) is 3.04. The van der Waals surface area contributed by atoms with Crippen molar-refractivity contribution in [2.45, 2.75) is 32.2 Å². The highest BCUT2D eigenvalue weighted by Gasteiger charge is 2.29. The Hall–Kier alpha value is -1.35. The number of hydrogen-bond donors (Lipinski definition) is 2. The van der Waals surface area contributed by atoms with Crippen molar-refractivity contribution in [1.82, 2.24) is 20.4 Å². The van der Waals surface area contributed by atoms with E-state index in [2.05, 4.69) is 60.6 Å². The number of hydrogen-bond acceptors (Lipinski definition) is 3. The predicted octanol–water partition coefficient (Wildman–Crippen LogP) is 2.20. The van der Waals surface area contributed by atoms with E-state index in [0.29, 0.717) is 12.3 Å². The van der Waals surface area contributed by atoms with Crippen LogP contribution in [-0.2, 0) is 11.2 Å². The van der Waals surface area contributed by atoms with Gasteiger partial charge in [0.25, 0.3) is 0 Å². The summed E-state index contributed by atoms with van der Waals surface area (Å²) >= 11 is 0. The standard InChI is InChI=1S/C21H35N5O.HI/c1-21(2,25(4)5)16-24-20(22-3)23-14-18-13-19(27)26(15-18)12-11-17-9-7-6-8-10-17;/h6-10,18H,11-16H2,1-5H3,(H2,22,23,24);1H. The molecule has 1 aliphatic rings. The van der Waals surface area contributed by atoms with Gasteiger partial charge in [0.2, 0.25) is 5.91 Å². The molecule has 0 saturated carbocycles. The maximum absolute atomic E-state index is 12.3.